The van der Waals surface area contributed by atoms with Gasteiger partial charge in [-0.15, -0.1) is 0 Å². The number of piperazine rings is 1. The molecule has 7 nitrogen and oxygen atoms in total. The predicted molar refractivity (Wildman–Crippen MR) is 142 cm³/mol. The van der Waals surface area contributed by atoms with Crippen molar-refractivity contribution in [2.24, 2.45) is 5.10 Å². The zero-order chi connectivity index (χ0) is 24.8. The maximum atomic E-state index is 12.8. The second-order valence-corrected chi connectivity index (χ2v) is 11.2. The Morgan fingerprint density at radius 3 is 2.11 bits per heavy atom. The molecule has 1 aliphatic heterocycles. The highest BCUT2D eigenvalue weighted by Crippen LogP contribution is 2.21. The van der Waals surface area contributed by atoms with Crippen molar-refractivity contribution in [3.63, 3.8) is 0 Å². The number of carbonyl (C=O) groups excluding carboxylic acids is 1. The van der Waals surface area contributed by atoms with Gasteiger partial charge in [0, 0.05) is 30.7 Å². The molecule has 3 aromatic carbocycles. The lowest BCUT2D eigenvalue weighted by Crippen LogP contribution is -2.50. The van der Waals surface area contributed by atoms with Crippen LogP contribution in [0.1, 0.15) is 12.5 Å². The number of amides is 1. The molecule has 1 N–H and O–H groups in total. The van der Waals surface area contributed by atoms with Gasteiger partial charge < -0.3 is 0 Å². The number of nitrogens with zero attached hydrogens (tertiary/aromatic N) is 3. The fraction of sp³-hybridized carbons (Fsp3) is 0.231. The van der Waals surface area contributed by atoms with Gasteiger partial charge in [0.05, 0.1) is 17.2 Å². The van der Waals surface area contributed by atoms with Crippen LogP contribution in [0.5, 0.6) is 0 Å². The highest BCUT2D eigenvalue weighted by Gasteiger charge is 2.29. The van der Waals surface area contributed by atoms with Crippen molar-refractivity contribution in [2.75, 3.05) is 32.7 Å². The van der Waals surface area contributed by atoms with E-state index in [4.69, 9.17) is 0 Å². The number of nitrogens with one attached hydrogen (secondary N) is 1. The average Bonchev–Trinajstić information content (AvgIpc) is 2.88. The Hall–Kier alpha value is -2.85. The molecule has 0 spiro atoms. The number of sulfonamides is 1. The number of hydrogen-bond acceptors (Lipinski definition) is 5. The Labute approximate surface area is 214 Å². The van der Waals surface area contributed by atoms with E-state index in [2.05, 4.69) is 38.6 Å². The summed E-state index contributed by atoms with van der Waals surface area (Å²) in [4.78, 5) is 14.6. The van der Waals surface area contributed by atoms with E-state index in [1.165, 1.54) is 4.31 Å². The average molecular weight is 555 g/mol. The lowest BCUT2D eigenvalue weighted by Gasteiger charge is -2.33. The van der Waals surface area contributed by atoms with Gasteiger partial charge in [0.25, 0.3) is 5.91 Å². The molecular formula is C26H27BrN4O3S. The van der Waals surface area contributed by atoms with Gasteiger partial charge in [-0.05, 0) is 47.9 Å². The van der Waals surface area contributed by atoms with Gasteiger partial charge in [-0.3, -0.25) is 9.69 Å². The monoisotopic (exact) mass is 554 g/mol. The van der Waals surface area contributed by atoms with Gasteiger partial charge in [0.2, 0.25) is 10.0 Å². The second kappa shape index (κ2) is 11.3. The van der Waals surface area contributed by atoms with Crippen molar-refractivity contribution < 1.29 is 13.2 Å². The van der Waals surface area contributed by atoms with Crippen LogP contribution in [0.4, 0.5) is 0 Å². The number of carbonyl (C=O) groups is 1. The zero-order valence-electron chi connectivity index (χ0n) is 19.4. The molecule has 1 aliphatic rings. The normalized spacial score (nSPS) is 15.7. The molecule has 0 unspecified atom stereocenters. The Balaban J connectivity index is 1.27. The molecule has 3 aromatic rings. The summed E-state index contributed by atoms with van der Waals surface area (Å²) in [6, 6.07) is 24.8. The number of hydrogen-bond donors (Lipinski definition) is 1. The van der Waals surface area contributed by atoms with Crippen LogP contribution >= 0.6 is 15.9 Å². The maximum Gasteiger partial charge on any atom is 0.254 e. The minimum absolute atomic E-state index is 0.163. The maximum absolute atomic E-state index is 12.8. The van der Waals surface area contributed by atoms with Crippen molar-refractivity contribution in [1.29, 1.82) is 0 Å². The van der Waals surface area contributed by atoms with Crippen LogP contribution in [0.15, 0.2) is 93.3 Å². The molecule has 1 amide bonds. The molecule has 0 radical (unpaired) electrons. The fourth-order valence-electron chi connectivity index (χ4n) is 3.87. The molecule has 9 heteroatoms. The van der Waals surface area contributed by atoms with E-state index < -0.39 is 10.0 Å². The summed E-state index contributed by atoms with van der Waals surface area (Å²) in [6.45, 7) is 3.64. The smallest absolute Gasteiger partial charge is 0.254 e. The van der Waals surface area contributed by atoms with Crippen LogP contribution < -0.4 is 5.43 Å². The first-order valence-electron chi connectivity index (χ1n) is 11.3. The highest BCUT2D eigenvalue weighted by atomic mass is 79.9. The van der Waals surface area contributed by atoms with Crippen LogP contribution in [0.3, 0.4) is 0 Å². The van der Waals surface area contributed by atoms with E-state index in [0.717, 1.165) is 21.2 Å². The van der Waals surface area contributed by atoms with Crippen molar-refractivity contribution in [2.45, 2.75) is 11.8 Å². The molecule has 0 aliphatic carbocycles. The predicted octanol–water partition coefficient (Wildman–Crippen LogP) is 3.96. The molecule has 1 fully saturated rings. The third-order valence-corrected chi connectivity index (χ3v) is 8.35. The second-order valence-electron chi connectivity index (χ2n) is 8.31. The number of hydrazone groups is 1. The van der Waals surface area contributed by atoms with E-state index in [9.17, 15) is 13.2 Å². The summed E-state index contributed by atoms with van der Waals surface area (Å²) in [5.74, 6) is -0.227. The van der Waals surface area contributed by atoms with Crippen molar-refractivity contribution >= 4 is 37.6 Å². The molecule has 1 saturated heterocycles. The molecule has 0 bridgehead atoms. The third kappa shape index (κ3) is 6.43. The van der Waals surface area contributed by atoms with Crippen molar-refractivity contribution in [3.05, 3.63) is 88.9 Å². The summed E-state index contributed by atoms with van der Waals surface area (Å²) in [5.41, 5.74) is 6.52. The third-order valence-electron chi connectivity index (χ3n) is 5.91. The van der Waals surface area contributed by atoms with E-state index in [1.54, 1.807) is 24.3 Å². The molecule has 4 rings (SSSR count). The Bertz CT molecular complexity index is 1290. The Morgan fingerprint density at radius 2 is 1.49 bits per heavy atom. The minimum atomic E-state index is -3.54. The quantitative estimate of drug-likeness (QED) is 0.354. The Kier molecular flexibility index (Phi) is 8.12. The molecule has 182 valence electrons. The van der Waals surface area contributed by atoms with Crippen molar-refractivity contribution in [3.8, 4) is 11.1 Å². The minimum Gasteiger partial charge on any atom is -0.292 e. The molecule has 1 heterocycles. The van der Waals surface area contributed by atoms with Gasteiger partial charge in [0.1, 0.15) is 0 Å². The zero-order valence-corrected chi connectivity index (χ0v) is 21.8. The van der Waals surface area contributed by atoms with E-state index >= 15 is 0 Å². The summed E-state index contributed by atoms with van der Waals surface area (Å²) < 4.78 is 28.0. The van der Waals surface area contributed by atoms with Gasteiger partial charge in [0.15, 0.2) is 0 Å². The summed E-state index contributed by atoms with van der Waals surface area (Å²) in [6.07, 6.45) is 0. The van der Waals surface area contributed by atoms with Gasteiger partial charge >= 0.3 is 0 Å². The molecule has 35 heavy (non-hydrogen) atoms. The number of rotatable bonds is 7. The molecule has 0 aromatic heterocycles. The van der Waals surface area contributed by atoms with Crippen molar-refractivity contribution in [1.82, 2.24) is 14.6 Å². The van der Waals surface area contributed by atoms with E-state index in [1.807, 2.05) is 54.3 Å². The lowest BCUT2D eigenvalue weighted by atomic mass is 10.0. The van der Waals surface area contributed by atoms with Gasteiger partial charge in [-0.1, -0.05) is 70.5 Å². The lowest BCUT2D eigenvalue weighted by molar-refractivity contribution is -0.122. The largest absolute Gasteiger partial charge is 0.292 e. The first-order valence-corrected chi connectivity index (χ1v) is 13.5. The van der Waals surface area contributed by atoms with Crippen LogP contribution in [-0.2, 0) is 14.8 Å². The van der Waals surface area contributed by atoms with Gasteiger partial charge in [-0.25, -0.2) is 13.8 Å². The van der Waals surface area contributed by atoms with E-state index in [-0.39, 0.29) is 17.3 Å². The fourth-order valence-corrected chi connectivity index (χ4v) is 5.55. The first kappa shape index (κ1) is 25.2. The molecular weight excluding hydrogens is 528 g/mol. The number of halogens is 1. The number of benzene rings is 3. The van der Waals surface area contributed by atoms with E-state index in [0.29, 0.717) is 31.9 Å². The standard InChI is InChI=1S/C26H27BrN4O3S/c1-20(21-7-9-23(10-8-21)22-5-3-2-4-6-22)28-29-26(32)19-30-15-17-31(18-16-30)35(33,34)25-13-11-24(27)12-14-25/h2-14H,15-19H2,1H3,(H,29,32). The summed E-state index contributed by atoms with van der Waals surface area (Å²) in [7, 11) is -3.54. The molecule has 0 saturated carbocycles. The Morgan fingerprint density at radius 1 is 0.886 bits per heavy atom. The SMILES string of the molecule is CC(=NNC(=O)CN1CCN(S(=O)(=O)c2ccc(Br)cc2)CC1)c1ccc(-c2ccccc2)cc1. The van der Waals surface area contributed by atoms with Crippen LogP contribution in [-0.4, -0.2) is 62.0 Å². The summed E-state index contributed by atoms with van der Waals surface area (Å²) in [5, 5.41) is 4.24. The topological polar surface area (TPSA) is 82.1 Å². The van der Waals surface area contributed by atoms with Crippen LogP contribution in [0.25, 0.3) is 11.1 Å². The van der Waals surface area contributed by atoms with Gasteiger partial charge in [-0.2, -0.15) is 9.41 Å². The summed E-state index contributed by atoms with van der Waals surface area (Å²) >= 11 is 3.32. The van der Waals surface area contributed by atoms with Crippen LogP contribution in [0, 0.1) is 0 Å². The van der Waals surface area contributed by atoms with Crippen LogP contribution in [0.2, 0.25) is 0 Å². The molecule has 0 atom stereocenters. The highest BCUT2D eigenvalue weighted by molar-refractivity contribution is 9.10. The first-order chi connectivity index (χ1) is 16.8.